The van der Waals surface area contributed by atoms with E-state index >= 15 is 0 Å². The minimum absolute atomic E-state index is 0.0877. The number of fused-ring (bicyclic) bond motifs is 1. The van der Waals surface area contributed by atoms with Gasteiger partial charge in [-0.2, -0.15) is 0 Å². The van der Waals surface area contributed by atoms with Gasteiger partial charge in [-0.3, -0.25) is 0 Å². The maximum absolute atomic E-state index is 11.1. The van der Waals surface area contributed by atoms with Crippen LogP contribution in [0, 0.1) is 0 Å². The summed E-state index contributed by atoms with van der Waals surface area (Å²) < 4.78 is 0. The van der Waals surface area contributed by atoms with Crippen LogP contribution in [-0.4, -0.2) is 22.6 Å². The van der Waals surface area contributed by atoms with Crippen molar-refractivity contribution in [2.45, 2.75) is 13.0 Å². The van der Waals surface area contributed by atoms with E-state index in [1.807, 2.05) is 0 Å². The summed E-state index contributed by atoms with van der Waals surface area (Å²) in [5, 5.41) is 11.3. The third-order valence-corrected chi connectivity index (χ3v) is 4.49. The molecule has 2 aromatic heterocycles. The minimum Gasteiger partial charge on any atom is -0.476 e. The molecule has 0 amide bonds. The number of aromatic carboxylic acids is 1. The molecule has 19 heavy (non-hydrogen) atoms. The Hall–Kier alpha value is -1.59. The van der Waals surface area contributed by atoms with Crippen LogP contribution in [0.15, 0.2) is 23.6 Å². The highest BCUT2D eigenvalue weighted by molar-refractivity contribution is 7.10. The van der Waals surface area contributed by atoms with E-state index in [-0.39, 0.29) is 10.7 Å². The Morgan fingerprint density at radius 3 is 3.05 bits per heavy atom. The largest absolute Gasteiger partial charge is 0.476 e. The molecule has 0 fully saturated rings. The number of nitrogens with zero attached hydrogens (tertiary/aromatic N) is 2. The Kier molecular flexibility index (Phi) is 3.16. The summed E-state index contributed by atoms with van der Waals surface area (Å²) in [5.74, 6) is -0.432. The van der Waals surface area contributed by atoms with Crippen LogP contribution in [0.1, 0.15) is 20.9 Å². The molecule has 2 aromatic rings. The highest BCUT2D eigenvalue weighted by atomic mass is 35.5. The lowest BCUT2D eigenvalue weighted by Crippen LogP contribution is -2.30. The van der Waals surface area contributed by atoms with Crippen LogP contribution >= 0.6 is 22.9 Å². The van der Waals surface area contributed by atoms with E-state index in [9.17, 15) is 4.79 Å². The van der Waals surface area contributed by atoms with Gasteiger partial charge in [0.05, 0.1) is 5.02 Å². The van der Waals surface area contributed by atoms with E-state index in [2.05, 4.69) is 21.3 Å². The van der Waals surface area contributed by atoms with Crippen molar-refractivity contribution in [3.8, 4) is 0 Å². The molecule has 6 heteroatoms. The Morgan fingerprint density at radius 2 is 2.26 bits per heavy atom. The van der Waals surface area contributed by atoms with Gasteiger partial charge < -0.3 is 10.0 Å². The zero-order chi connectivity index (χ0) is 13.4. The summed E-state index contributed by atoms with van der Waals surface area (Å²) in [5.41, 5.74) is 1.21. The first kappa shape index (κ1) is 12.4. The number of thiophene rings is 1. The Bertz CT molecular complexity index is 641. The molecule has 0 saturated heterocycles. The number of hydrogen-bond acceptors (Lipinski definition) is 4. The van der Waals surface area contributed by atoms with Crippen molar-refractivity contribution < 1.29 is 9.90 Å². The van der Waals surface area contributed by atoms with Gasteiger partial charge in [0.25, 0.3) is 0 Å². The number of aromatic nitrogens is 1. The lowest BCUT2D eigenvalue weighted by molar-refractivity contribution is 0.0691. The summed E-state index contributed by atoms with van der Waals surface area (Å²) in [4.78, 5) is 18.7. The topological polar surface area (TPSA) is 53.4 Å². The van der Waals surface area contributed by atoms with Crippen LogP contribution < -0.4 is 4.90 Å². The van der Waals surface area contributed by atoms with Crippen molar-refractivity contribution in [1.29, 1.82) is 0 Å². The van der Waals surface area contributed by atoms with Crippen molar-refractivity contribution in [3.63, 3.8) is 0 Å². The van der Waals surface area contributed by atoms with Gasteiger partial charge in [0.1, 0.15) is 5.82 Å². The summed E-state index contributed by atoms with van der Waals surface area (Å²) in [7, 11) is 0. The van der Waals surface area contributed by atoms with E-state index in [4.69, 9.17) is 16.7 Å². The zero-order valence-corrected chi connectivity index (χ0v) is 11.5. The maximum atomic E-state index is 11.1. The monoisotopic (exact) mass is 294 g/mol. The lowest BCUT2D eigenvalue weighted by atomic mass is 10.1. The second-order valence-corrected chi connectivity index (χ2v) is 5.75. The van der Waals surface area contributed by atoms with Crippen LogP contribution in [0.2, 0.25) is 5.02 Å². The molecule has 3 rings (SSSR count). The fourth-order valence-corrected chi connectivity index (χ4v) is 3.28. The number of carboxylic acids is 1. The van der Waals surface area contributed by atoms with Crippen LogP contribution in [0.4, 0.5) is 5.82 Å². The van der Waals surface area contributed by atoms with Gasteiger partial charge in [-0.15, -0.1) is 11.3 Å². The quantitative estimate of drug-likeness (QED) is 0.925. The van der Waals surface area contributed by atoms with Crippen LogP contribution in [0.5, 0.6) is 0 Å². The number of rotatable bonds is 2. The normalized spacial score (nSPS) is 14.3. The number of hydrogen-bond donors (Lipinski definition) is 1. The summed E-state index contributed by atoms with van der Waals surface area (Å²) in [6.07, 6.45) is 0.972. The van der Waals surface area contributed by atoms with Gasteiger partial charge in [0.15, 0.2) is 5.69 Å². The number of anilines is 1. The Morgan fingerprint density at radius 1 is 1.42 bits per heavy atom. The Labute approximate surface area is 119 Å². The fourth-order valence-electron chi connectivity index (χ4n) is 2.20. The summed E-state index contributed by atoms with van der Waals surface area (Å²) in [6.45, 7) is 1.62. The molecular weight excluding hydrogens is 284 g/mol. The third-order valence-electron chi connectivity index (χ3n) is 3.17. The first-order valence-electron chi connectivity index (χ1n) is 5.85. The molecule has 1 aliphatic rings. The molecule has 0 saturated carbocycles. The molecular formula is C13H11ClN2O2S. The summed E-state index contributed by atoms with van der Waals surface area (Å²) in [6, 6.07) is 5.47. The zero-order valence-electron chi connectivity index (χ0n) is 9.97. The second-order valence-electron chi connectivity index (χ2n) is 4.35. The molecule has 0 aliphatic carbocycles. The Balaban J connectivity index is 1.92. The second kappa shape index (κ2) is 4.83. The van der Waals surface area contributed by atoms with Crippen LogP contribution in [0.25, 0.3) is 0 Å². The van der Waals surface area contributed by atoms with Crippen molar-refractivity contribution >= 4 is 34.7 Å². The maximum Gasteiger partial charge on any atom is 0.356 e. The molecule has 4 nitrogen and oxygen atoms in total. The summed E-state index contributed by atoms with van der Waals surface area (Å²) >= 11 is 7.60. The van der Waals surface area contributed by atoms with Gasteiger partial charge in [-0.1, -0.05) is 11.6 Å². The molecule has 1 aliphatic heterocycles. The predicted octanol–water partition coefficient (Wildman–Crippen LogP) is 3.06. The first-order valence-corrected chi connectivity index (χ1v) is 7.11. The van der Waals surface area contributed by atoms with Crippen molar-refractivity contribution in [3.05, 3.63) is 44.7 Å². The van der Waals surface area contributed by atoms with Crippen molar-refractivity contribution in [1.82, 2.24) is 4.98 Å². The van der Waals surface area contributed by atoms with E-state index in [0.29, 0.717) is 5.82 Å². The first-order chi connectivity index (χ1) is 9.15. The van der Waals surface area contributed by atoms with Gasteiger partial charge in [0.2, 0.25) is 0 Å². The van der Waals surface area contributed by atoms with E-state index < -0.39 is 5.97 Å². The predicted molar refractivity (Wildman–Crippen MR) is 75.3 cm³/mol. The standard InChI is InChI=1S/C13H11ClN2O2S/c14-9-1-2-11(15-12(9)13(17)18)16-5-3-10-8(7-16)4-6-19-10/h1-2,4,6H,3,5,7H2,(H,17,18). The average molecular weight is 295 g/mol. The van der Waals surface area contributed by atoms with Gasteiger partial charge in [-0.25, -0.2) is 9.78 Å². The average Bonchev–Trinajstić information content (AvgIpc) is 2.86. The molecule has 0 bridgehead atoms. The highest BCUT2D eigenvalue weighted by Crippen LogP contribution is 2.28. The molecule has 0 spiro atoms. The molecule has 0 aromatic carbocycles. The number of carbonyl (C=O) groups is 1. The lowest BCUT2D eigenvalue weighted by Gasteiger charge is -2.28. The number of pyridine rings is 1. The van der Waals surface area contributed by atoms with Crippen LogP contribution in [-0.2, 0) is 13.0 Å². The molecule has 0 atom stereocenters. The smallest absolute Gasteiger partial charge is 0.356 e. The highest BCUT2D eigenvalue weighted by Gasteiger charge is 2.20. The fraction of sp³-hybridized carbons (Fsp3) is 0.231. The van der Waals surface area contributed by atoms with Crippen molar-refractivity contribution in [2.24, 2.45) is 0 Å². The minimum atomic E-state index is -1.10. The van der Waals surface area contributed by atoms with E-state index in [1.54, 1.807) is 23.5 Å². The van der Waals surface area contributed by atoms with E-state index in [1.165, 1.54) is 10.4 Å². The molecule has 0 radical (unpaired) electrons. The van der Waals surface area contributed by atoms with Gasteiger partial charge in [-0.05, 0) is 35.6 Å². The SMILES string of the molecule is O=C(O)c1nc(N2CCc3sccc3C2)ccc1Cl. The molecule has 1 N–H and O–H groups in total. The number of halogens is 1. The molecule has 0 unspecified atom stereocenters. The molecule has 3 heterocycles. The van der Waals surface area contributed by atoms with Gasteiger partial charge >= 0.3 is 5.97 Å². The molecule has 98 valence electrons. The third kappa shape index (κ3) is 2.31. The van der Waals surface area contributed by atoms with E-state index in [0.717, 1.165) is 19.5 Å². The van der Waals surface area contributed by atoms with Crippen molar-refractivity contribution in [2.75, 3.05) is 11.4 Å². The van der Waals surface area contributed by atoms with Crippen LogP contribution in [0.3, 0.4) is 0 Å². The number of carboxylic acid groups (broad SMARTS) is 1. The van der Waals surface area contributed by atoms with Gasteiger partial charge in [0, 0.05) is 18.0 Å².